The molecular formula is C20H26N2O2. The van der Waals surface area contributed by atoms with E-state index in [4.69, 9.17) is 4.74 Å². The fraction of sp³-hybridized carbons (Fsp3) is 0.350. The van der Waals surface area contributed by atoms with Crippen molar-refractivity contribution in [1.29, 1.82) is 0 Å². The SMILES string of the molecule is C[C@@H](Cc1ccccc1)NC(=O)Oc1cccc([C@H](C)N(C)C)c1. The van der Waals surface area contributed by atoms with Crippen LogP contribution >= 0.6 is 0 Å². The fourth-order valence-electron chi connectivity index (χ4n) is 2.49. The second-order valence-electron chi connectivity index (χ2n) is 6.34. The average Bonchev–Trinajstić information content (AvgIpc) is 2.54. The maximum Gasteiger partial charge on any atom is 0.412 e. The predicted molar refractivity (Wildman–Crippen MR) is 97.3 cm³/mol. The summed E-state index contributed by atoms with van der Waals surface area (Å²) >= 11 is 0. The Morgan fingerprint density at radius 1 is 1.08 bits per heavy atom. The second kappa shape index (κ2) is 8.50. The number of nitrogens with one attached hydrogen (secondary N) is 1. The molecule has 1 amide bonds. The van der Waals surface area contributed by atoms with Crippen LogP contribution in [-0.2, 0) is 6.42 Å². The molecule has 24 heavy (non-hydrogen) atoms. The molecule has 0 aromatic heterocycles. The van der Waals surface area contributed by atoms with Gasteiger partial charge in [-0.05, 0) is 57.6 Å². The van der Waals surface area contributed by atoms with Crippen molar-refractivity contribution in [3.8, 4) is 5.75 Å². The minimum absolute atomic E-state index is 0.00350. The number of carbonyl (C=O) groups is 1. The molecule has 0 aliphatic heterocycles. The maximum absolute atomic E-state index is 12.1. The molecule has 0 aliphatic rings. The predicted octanol–water partition coefficient (Wildman–Crippen LogP) is 4.03. The van der Waals surface area contributed by atoms with Gasteiger partial charge in [-0.15, -0.1) is 0 Å². The number of rotatable bonds is 6. The summed E-state index contributed by atoms with van der Waals surface area (Å²) in [6, 6.07) is 18.0. The average molecular weight is 326 g/mol. The van der Waals surface area contributed by atoms with Crippen LogP contribution in [0, 0.1) is 0 Å². The Morgan fingerprint density at radius 3 is 2.46 bits per heavy atom. The summed E-state index contributed by atoms with van der Waals surface area (Å²) in [5.74, 6) is 0.561. The van der Waals surface area contributed by atoms with Crippen molar-refractivity contribution in [2.24, 2.45) is 0 Å². The molecule has 2 aromatic carbocycles. The minimum Gasteiger partial charge on any atom is -0.410 e. The van der Waals surface area contributed by atoms with Gasteiger partial charge in [-0.3, -0.25) is 0 Å². The van der Waals surface area contributed by atoms with E-state index in [1.807, 2.05) is 57.4 Å². The topological polar surface area (TPSA) is 41.6 Å². The molecule has 4 nitrogen and oxygen atoms in total. The molecule has 0 radical (unpaired) electrons. The van der Waals surface area contributed by atoms with Gasteiger partial charge in [0.05, 0.1) is 0 Å². The van der Waals surface area contributed by atoms with Crippen LogP contribution in [0.5, 0.6) is 5.75 Å². The molecule has 0 fully saturated rings. The van der Waals surface area contributed by atoms with E-state index in [1.54, 1.807) is 6.07 Å². The summed E-state index contributed by atoms with van der Waals surface area (Å²) in [5.41, 5.74) is 2.30. The number of carbonyl (C=O) groups excluding carboxylic acids is 1. The van der Waals surface area contributed by atoms with Crippen LogP contribution in [0.3, 0.4) is 0 Å². The van der Waals surface area contributed by atoms with Gasteiger partial charge in [0, 0.05) is 12.1 Å². The van der Waals surface area contributed by atoms with Crippen LogP contribution < -0.4 is 10.1 Å². The Kier molecular flexibility index (Phi) is 6.38. The highest BCUT2D eigenvalue weighted by molar-refractivity contribution is 5.70. The Hall–Kier alpha value is -2.33. The van der Waals surface area contributed by atoms with Crippen LogP contribution in [0.2, 0.25) is 0 Å². The van der Waals surface area contributed by atoms with Gasteiger partial charge in [-0.1, -0.05) is 42.5 Å². The number of hydrogen-bond acceptors (Lipinski definition) is 3. The van der Waals surface area contributed by atoms with E-state index in [0.717, 1.165) is 12.0 Å². The van der Waals surface area contributed by atoms with Crippen LogP contribution in [-0.4, -0.2) is 31.1 Å². The van der Waals surface area contributed by atoms with Crippen LogP contribution in [0.1, 0.15) is 31.0 Å². The summed E-state index contributed by atoms with van der Waals surface area (Å²) < 4.78 is 5.42. The van der Waals surface area contributed by atoms with Gasteiger partial charge in [0.25, 0.3) is 0 Å². The third-order valence-corrected chi connectivity index (χ3v) is 4.07. The molecule has 4 heteroatoms. The molecule has 2 aromatic rings. The molecular weight excluding hydrogens is 300 g/mol. The Bertz CT molecular complexity index is 656. The van der Waals surface area contributed by atoms with E-state index >= 15 is 0 Å². The lowest BCUT2D eigenvalue weighted by molar-refractivity contribution is 0.196. The van der Waals surface area contributed by atoms with Gasteiger partial charge in [-0.2, -0.15) is 0 Å². The van der Waals surface area contributed by atoms with Crippen LogP contribution in [0.4, 0.5) is 4.79 Å². The molecule has 1 N–H and O–H groups in total. The monoisotopic (exact) mass is 326 g/mol. The lowest BCUT2D eigenvalue weighted by atomic mass is 10.1. The van der Waals surface area contributed by atoms with E-state index in [1.165, 1.54) is 5.56 Å². The van der Waals surface area contributed by atoms with Crippen molar-refractivity contribution in [2.75, 3.05) is 14.1 Å². The number of ether oxygens (including phenoxy) is 1. The normalized spacial score (nSPS) is 13.4. The standard InChI is InChI=1S/C20H26N2O2/c1-15(13-17-9-6-5-7-10-17)21-20(23)24-19-12-8-11-18(14-19)16(2)22(3)4/h5-12,14-16H,13H2,1-4H3,(H,21,23)/t15-,16-/m0/s1. The first-order valence-corrected chi connectivity index (χ1v) is 8.24. The maximum atomic E-state index is 12.1. The zero-order valence-corrected chi connectivity index (χ0v) is 14.8. The van der Waals surface area contributed by atoms with E-state index in [-0.39, 0.29) is 12.1 Å². The molecule has 0 spiro atoms. The van der Waals surface area contributed by atoms with Gasteiger partial charge in [-0.25, -0.2) is 4.79 Å². The molecule has 0 heterocycles. The molecule has 0 aliphatic carbocycles. The van der Waals surface area contributed by atoms with E-state index in [2.05, 4.69) is 29.3 Å². The smallest absolute Gasteiger partial charge is 0.410 e. The highest BCUT2D eigenvalue weighted by Crippen LogP contribution is 2.22. The highest BCUT2D eigenvalue weighted by Gasteiger charge is 2.12. The first-order chi connectivity index (χ1) is 11.5. The molecule has 2 rings (SSSR count). The van der Waals surface area contributed by atoms with Gasteiger partial charge < -0.3 is 15.0 Å². The number of benzene rings is 2. The first kappa shape index (κ1) is 18.0. The summed E-state index contributed by atoms with van der Waals surface area (Å²) in [7, 11) is 4.05. The zero-order valence-electron chi connectivity index (χ0n) is 14.8. The van der Waals surface area contributed by atoms with Crippen LogP contribution in [0.25, 0.3) is 0 Å². The number of hydrogen-bond donors (Lipinski definition) is 1. The van der Waals surface area contributed by atoms with Crippen molar-refractivity contribution >= 4 is 6.09 Å². The lowest BCUT2D eigenvalue weighted by Gasteiger charge is -2.20. The number of nitrogens with zero attached hydrogens (tertiary/aromatic N) is 1. The van der Waals surface area contributed by atoms with Crippen LogP contribution in [0.15, 0.2) is 54.6 Å². The molecule has 0 saturated carbocycles. The Labute approximate surface area is 144 Å². The van der Waals surface area contributed by atoms with Crippen molar-refractivity contribution in [3.05, 3.63) is 65.7 Å². The third kappa shape index (κ3) is 5.39. The summed E-state index contributed by atoms with van der Waals surface area (Å²) in [6.45, 7) is 4.08. The van der Waals surface area contributed by atoms with E-state index < -0.39 is 6.09 Å². The molecule has 2 atom stereocenters. The largest absolute Gasteiger partial charge is 0.412 e. The van der Waals surface area contributed by atoms with Crippen molar-refractivity contribution in [1.82, 2.24) is 10.2 Å². The third-order valence-electron chi connectivity index (χ3n) is 4.07. The summed E-state index contributed by atoms with van der Waals surface area (Å²) in [6.07, 6.45) is 0.348. The lowest BCUT2D eigenvalue weighted by Crippen LogP contribution is -2.36. The van der Waals surface area contributed by atoms with Gasteiger partial charge in [0.15, 0.2) is 0 Å². The Balaban J connectivity index is 1.91. The summed E-state index contributed by atoms with van der Waals surface area (Å²) in [4.78, 5) is 14.2. The van der Waals surface area contributed by atoms with Crippen molar-refractivity contribution in [3.63, 3.8) is 0 Å². The molecule has 0 unspecified atom stereocenters. The second-order valence-corrected chi connectivity index (χ2v) is 6.34. The van der Waals surface area contributed by atoms with Crippen molar-refractivity contribution in [2.45, 2.75) is 32.4 Å². The first-order valence-electron chi connectivity index (χ1n) is 8.24. The van der Waals surface area contributed by atoms with Gasteiger partial charge >= 0.3 is 6.09 Å². The van der Waals surface area contributed by atoms with Gasteiger partial charge in [0.2, 0.25) is 0 Å². The molecule has 0 saturated heterocycles. The molecule has 128 valence electrons. The van der Waals surface area contributed by atoms with E-state index in [0.29, 0.717) is 5.75 Å². The van der Waals surface area contributed by atoms with Gasteiger partial charge in [0.1, 0.15) is 5.75 Å². The zero-order chi connectivity index (χ0) is 17.5. The fourth-order valence-corrected chi connectivity index (χ4v) is 2.49. The molecule has 0 bridgehead atoms. The summed E-state index contributed by atoms with van der Waals surface area (Å²) in [5, 5.41) is 2.88. The quantitative estimate of drug-likeness (QED) is 0.871. The number of amides is 1. The minimum atomic E-state index is -0.423. The van der Waals surface area contributed by atoms with Crippen molar-refractivity contribution < 1.29 is 9.53 Å². The van der Waals surface area contributed by atoms with E-state index in [9.17, 15) is 4.79 Å². The highest BCUT2D eigenvalue weighted by atomic mass is 16.6. The Morgan fingerprint density at radius 2 is 1.79 bits per heavy atom.